The molecule has 6 heteroatoms. The van der Waals surface area contributed by atoms with Gasteiger partial charge in [-0.3, -0.25) is 4.79 Å². The topological polar surface area (TPSA) is 46.6 Å². The maximum Gasteiger partial charge on any atom is 0.422 e. The molecule has 0 N–H and O–H groups in total. The second kappa shape index (κ2) is 3.96. The van der Waals surface area contributed by atoms with Crippen molar-refractivity contribution in [2.24, 2.45) is 0 Å². The van der Waals surface area contributed by atoms with E-state index in [4.69, 9.17) is 27.9 Å². The van der Waals surface area contributed by atoms with E-state index >= 15 is 0 Å². The zero-order valence-corrected chi connectivity index (χ0v) is 9.75. The van der Waals surface area contributed by atoms with Crippen molar-refractivity contribution >= 4 is 40.9 Å². The number of anilines is 1. The van der Waals surface area contributed by atoms with Crippen LogP contribution in [0.2, 0.25) is 10.0 Å². The van der Waals surface area contributed by atoms with Crippen molar-refractivity contribution in [2.75, 3.05) is 4.90 Å². The summed E-state index contributed by atoms with van der Waals surface area (Å²) in [5.41, 5.74) is 0.317. The highest BCUT2D eigenvalue weighted by Gasteiger charge is 2.38. The van der Waals surface area contributed by atoms with Crippen LogP contribution in [0, 0.1) is 0 Å². The minimum absolute atomic E-state index is 0.317. The van der Waals surface area contributed by atoms with Gasteiger partial charge in [0.2, 0.25) is 0 Å². The molecule has 2 amide bonds. The maximum atomic E-state index is 11.6. The Morgan fingerprint density at radius 3 is 2.19 bits per heavy atom. The van der Waals surface area contributed by atoms with E-state index in [1.54, 1.807) is 0 Å². The molecule has 1 aliphatic heterocycles. The normalized spacial score (nSPS) is 20.2. The Labute approximate surface area is 102 Å². The highest BCUT2D eigenvalue weighted by atomic mass is 35.5. The number of hydrogen-bond donors (Lipinski definition) is 0. The van der Waals surface area contributed by atoms with E-state index in [1.165, 1.54) is 25.1 Å². The Morgan fingerprint density at radius 2 is 1.75 bits per heavy atom. The summed E-state index contributed by atoms with van der Waals surface area (Å²) in [5, 5.41) is 0.699. The molecule has 16 heavy (non-hydrogen) atoms. The van der Waals surface area contributed by atoms with Gasteiger partial charge in [-0.2, -0.15) is 0 Å². The monoisotopic (exact) mass is 259 g/mol. The highest BCUT2D eigenvalue weighted by molar-refractivity contribution is 6.35. The van der Waals surface area contributed by atoms with Gasteiger partial charge in [0, 0.05) is 10.0 Å². The molecule has 0 radical (unpaired) electrons. The minimum atomic E-state index is -0.773. The second-order valence-electron chi connectivity index (χ2n) is 3.33. The highest BCUT2D eigenvalue weighted by Crippen LogP contribution is 2.28. The van der Waals surface area contributed by atoms with Crippen LogP contribution in [0.3, 0.4) is 0 Å². The summed E-state index contributed by atoms with van der Waals surface area (Å²) in [6, 6.07) is 4.47. The summed E-state index contributed by atoms with van der Waals surface area (Å²) in [5.74, 6) is -0.427. The summed E-state index contributed by atoms with van der Waals surface area (Å²) in [4.78, 5) is 24.0. The molecule has 84 valence electrons. The molecule has 1 unspecified atom stereocenters. The molecule has 0 spiro atoms. The number of amides is 2. The Hall–Kier alpha value is -1.26. The molecular formula is C10H7Cl2NO3. The number of carbonyl (C=O) groups excluding carboxylic acids is 2. The Morgan fingerprint density at radius 1 is 1.19 bits per heavy atom. The largest absolute Gasteiger partial charge is 0.436 e. The van der Waals surface area contributed by atoms with Crippen LogP contribution in [0.1, 0.15) is 6.92 Å². The van der Waals surface area contributed by atoms with Crippen molar-refractivity contribution in [1.29, 1.82) is 0 Å². The van der Waals surface area contributed by atoms with E-state index in [1.807, 2.05) is 0 Å². The summed E-state index contributed by atoms with van der Waals surface area (Å²) < 4.78 is 4.77. The van der Waals surface area contributed by atoms with Crippen LogP contribution in [-0.4, -0.2) is 18.1 Å². The van der Waals surface area contributed by atoms with Crippen LogP contribution < -0.4 is 4.90 Å². The van der Waals surface area contributed by atoms with Crippen molar-refractivity contribution in [3.05, 3.63) is 28.2 Å². The number of rotatable bonds is 1. The summed E-state index contributed by atoms with van der Waals surface area (Å²) in [6.45, 7) is 1.51. The number of imide groups is 1. The van der Waals surface area contributed by atoms with Gasteiger partial charge in [0.05, 0.1) is 5.69 Å². The Balaban J connectivity index is 2.44. The third-order valence-electron chi connectivity index (χ3n) is 2.13. The number of nitrogens with zero attached hydrogens (tertiary/aromatic N) is 1. The number of cyclic esters (lactones) is 1. The first kappa shape index (κ1) is 11.2. The fourth-order valence-corrected chi connectivity index (χ4v) is 1.94. The molecule has 1 saturated heterocycles. The lowest BCUT2D eigenvalue weighted by atomic mass is 10.2. The zero-order valence-electron chi connectivity index (χ0n) is 8.24. The van der Waals surface area contributed by atoms with E-state index in [0.29, 0.717) is 15.7 Å². The smallest absolute Gasteiger partial charge is 0.422 e. The van der Waals surface area contributed by atoms with E-state index in [-0.39, 0.29) is 0 Å². The predicted octanol–water partition coefficient (Wildman–Crippen LogP) is 2.87. The first-order valence-electron chi connectivity index (χ1n) is 4.49. The third kappa shape index (κ3) is 1.86. The molecule has 4 nitrogen and oxygen atoms in total. The average molecular weight is 260 g/mol. The van der Waals surface area contributed by atoms with E-state index in [0.717, 1.165) is 4.90 Å². The van der Waals surface area contributed by atoms with E-state index in [9.17, 15) is 9.59 Å². The number of benzene rings is 1. The van der Waals surface area contributed by atoms with Crippen LogP contribution in [0.5, 0.6) is 0 Å². The lowest BCUT2D eigenvalue weighted by Gasteiger charge is -2.11. The van der Waals surface area contributed by atoms with Crippen molar-refractivity contribution in [2.45, 2.75) is 13.0 Å². The zero-order chi connectivity index (χ0) is 11.9. The van der Waals surface area contributed by atoms with E-state index < -0.39 is 18.1 Å². The second-order valence-corrected chi connectivity index (χ2v) is 4.20. The molecule has 0 aliphatic carbocycles. The lowest BCUT2D eigenvalue weighted by molar-refractivity contribution is -0.121. The quantitative estimate of drug-likeness (QED) is 0.779. The molecule has 1 aromatic carbocycles. The van der Waals surface area contributed by atoms with Gasteiger partial charge in [-0.25, -0.2) is 9.69 Å². The van der Waals surface area contributed by atoms with Crippen LogP contribution in [0.4, 0.5) is 10.5 Å². The number of hydrogen-bond acceptors (Lipinski definition) is 3. The van der Waals surface area contributed by atoms with Crippen molar-refractivity contribution in [3.8, 4) is 0 Å². The SMILES string of the molecule is CC1OC(=O)N(c2cc(Cl)cc(Cl)c2)C1=O. The predicted molar refractivity (Wildman–Crippen MR) is 59.9 cm³/mol. The van der Waals surface area contributed by atoms with Gasteiger partial charge in [0.25, 0.3) is 5.91 Å². The number of carbonyl (C=O) groups is 2. The van der Waals surface area contributed by atoms with Crippen molar-refractivity contribution in [3.63, 3.8) is 0 Å². The van der Waals surface area contributed by atoms with Crippen LogP contribution in [0.25, 0.3) is 0 Å². The molecule has 0 aromatic heterocycles. The summed E-state index contributed by atoms with van der Waals surface area (Å²) in [6.07, 6.45) is -1.49. The molecule has 1 heterocycles. The molecule has 1 atom stereocenters. The number of ether oxygens (including phenoxy) is 1. The Kier molecular flexibility index (Phi) is 2.78. The summed E-state index contributed by atoms with van der Waals surface area (Å²) >= 11 is 11.6. The minimum Gasteiger partial charge on any atom is -0.436 e. The molecule has 2 rings (SSSR count). The van der Waals surface area contributed by atoms with Gasteiger partial charge in [-0.1, -0.05) is 23.2 Å². The lowest BCUT2D eigenvalue weighted by Crippen LogP contribution is -2.30. The molecule has 0 saturated carbocycles. The fraction of sp³-hybridized carbons (Fsp3) is 0.200. The molecule has 1 aliphatic rings. The first-order valence-corrected chi connectivity index (χ1v) is 5.25. The van der Waals surface area contributed by atoms with E-state index in [2.05, 4.69) is 0 Å². The van der Waals surface area contributed by atoms with Crippen LogP contribution in [0.15, 0.2) is 18.2 Å². The van der Waals surface area contributed by atoms with Gasteiger partial charge >= 0.3 is 6.09 Å². The van der Waals surface area contributed by atoms with Gasteiger partial charge in [0.15, 0.2) is 6.10 Å². The van der Waals surface area contributed by atoms with Gasteiger partial charge in [0.1, 0.15) is 0 Å². The number of halogens is 2. The van der Waals surface area contributed by atoms with Gasteiger partial charge in [-0.05, 0) is 25.1 Å². The van der Waals surface area contributed by atoms with Crippen molar-refractivity contribution < 1.29 is 14.3 Å². The van der Waals surface area contributed by atoms with Crippen LogP contribution in [-0.2, 0) is 9.53 Å². The maximum absolute atomic E-state index is 11.6. The van der Waals surface area contributed by atoms with Crippen molar-refractivity contribution in [1.82, 2.24) is 0 Å². The van der Waals surface area contributed by atoms with Crippen LogP contribution >= 0.6 is 23.2 Å². The summed E-state index contributed by atoms with van der Waals surface area (Å²) in [7, 11) is 0. The molecule has 1 fully saturated rings. The molecule has 0 bridgehead atoms. The first-order chi connectivity index (χ1) is 7.49. The third-order valence-corrected chi connectivity index (χ3v) is 2.57. The van der Waals surface area contributed by atoms with Gasteiger partial charge < -0.3 is 4.74 Å². The molecule has 1 aromatic rings. The average Bonchev–Trinajstić information content (AvgIpc) is 2.39. The molecular weight excluding hydrogens is 253 g/mol. The van der Waals surface area contributed by atoms with Gasteiger partial charge in [-0.15, -0.1) is 0 Å². The Bertz CT molecular complexity index is 455. The fourth-order valence-electron chi connectivity index (χ4n) is 1.43. The standard InChI is InChI=1S/C10H7Cl2NO3/c1-5-9(14)13(10(15)16-5)8-3-6(11)2-7(12)4-8/h2-5H,1H3.